The van der Waals surface area contributed by atoms with Gasteiger partial charge in [0.05, 0.1) is 0 Å². The molecule has 2 rings (SSSR count). The van der Waals surface area contributed by atoms with Crippen molar-refractivity contribution in [3.63, 3.8) is 0 Å². The Labute approximate surface area is 134 Å². The monoisotopic (exact) mass is 319 g/mol. The van der Waals surface area contributed by atoms with Crippen LogP contribution in [0.2, 0.25) is 0 Å². The van der Waals surface area contributed by atoms with Gasteiger partial charge in [0.15, 0.2) is 5.82 Å². The SMILES string of the molecule is C/C(=C\c1cccs1)C(=O)NCCc1noc(C(C)(C)C)n1. The highest BCUT2D eigenvalue weighted by Crippen LogP contribution is 2.19. The Morgan fingerprint density at radius 2 is 2.23 bits per heavy atom. The Hall–Kier alpha value is -1.95. The van der Waals surface area contributed by atoms with Crippen LogP contribution in [0.4, 0.5) is 0 Å². The van der Waals surface area contributed by atoms with Crippen LogP contribution in [0, 0.1) is 0 Å². The van der Waals surface area contributed by atoms with E-state index < -0.39 is 0 Å². The van der Waals surface area contributed by atoms with Crippen molar-refractivity contribution in [3.8, 4) is 0 Å². The van der Waals surface area contributed by atoms with E-state index in [-0.39, 0.29) is 11.3 Å². The highest BCUT2D eigenvalue weighted by Gasteiger charge is 2.21. The van der Waals surface area contributed by atoms with Gasteiger partial charge in [0.1, 0.15) is 0 Å². The number of aromatic nitrogens is 2. The fourth-order valence-corrected chi connectivity index (χ4v) is 2.46. The van der Waals surface area contributed by atoms with Crippen molar-refractivity contribution >= 4 is 23.3 Å². The van der Waals surface area contributed by atoms with Gasteiger partial charge in [-0.05, 0) is 24.4 Å². The van der Waals surface area contributed by atoms with Crippen LogP contribution in [-0.2, 0) is 16.6 Å². The molecule has 0 aliphatic carbocycles. The minimum absolute atomic E-state index is 0.0760. The van der Waals surface area contributed by atoms with E-state index >= 15 is 0 Å². The van der Waals surface area contributed by atoms with E-state index in [9.17, 15) is 4.79 Å². The van der Waals surface area contributed by atoms with Gasteiger partial charge in [-0.15, -0.1) is 11.3 Å². The van der Waals surface area contributed by atoms with E-state index in [1.54, 1.807) is 18.3 Å². The van der Waals surface area contributed by atoms with E-state index in [1.165, 1.54) is 0 Å². The second-order valence-electron chi connectivity index (χ2n) is 6.11. The van der Waals surface area contributed by atoms with Crippen molar-refractivity contribution in [3.05, 3.63) is 39.7 Å². The summed E-state index contributed by atoms with van der Waals surface area (Å²) in [5, 5.41) is 8.79. The van der Waals surface area contributed by atoms with E-state index in [2.05, 4.69) is 15.5 Å². The van der Waals surface area contributed by atoms with Gasteiger partial charge in [-0.2, -0.15) is 4.98 Å². The maximum absolute atomic E-state index is 12.0. The number of nitrogens with zero attached hydrogens (tertiary/aromatic N) is 2. The van der Waals surface area contributed by atoms with Crippen molar-refractivity contribution < 1.29 is 9.32 Å². The highest BCUT2D eigenvalue weighted by molar-refractivity contribution is 7.10. The molecule has 0 fully saturated rings. The van der Waals surface area contributed by atoms with Crippen LogP contribution < -0.4 is 5.32 Å². The van der Waals surface area contributed by atoms with Crippen LogP contribution in [0.25, 0.3) is 6.08 Å². The lowest BCUT2D eigenvalue weighted by molar-refractivity contribution is -0.117. The molecule has 0 bridgehead atoms. The topological polar surface area (TPSA) is 68.0 Å². The minimum Gasteiger partial charge on any atom is -0.352 e. The second-order valence-corrected chi connectivity index (χ2v) is 7.09. The molecule has 2 aromatic heterocycles. The molecule has 0 radical (unpaired) electrons. The first-order chi connectivity index (χ1) is 10.4. The maximum Gasteiger partial charge on any atom is 0.246 e. The first kappa shape index (κ1) is 16.4. The molecule has 0 atom stereocenters. The number of rotatable bonds is 5. The lowest BCUT2D eigenvalue weighted by Crippen LogP contribution is -2.26. The molecule has 22 heavy (non-hydrogen) atoms. The number of nitrogens with one attached hydrogen (secondary N) is 1. The largest absolute Gasteiger partial charge is 0.352 e. The molecule has 118 valence electrons. The van der Waals surface area contributed by atoms with E-state index in [0.717, 1.165) is 4.88 Å². The summed E-state index contributed by atoms with van der Waals surface area (Å²) in [6.45, 7) is 8.35. The molecular weight excluding hydrogens is 298 g/mol. The van der Waals surface area contributed by atoms with Crippen molar-refractivity contribution in [1.29, 1.82) is 0 Å². The van der Waals surface area contributed by atoms with Crippen LogP contribution in [0.5, 0.6) is 0 Å². The molecule has 0 aliphatic rings. The zero-order valence-electron chi connectivity index (χ0n) is 13.3. The van der Waals surface area contributed by atoms with Gasteiger partial charge in [0.25, 0.3) is 0 Å². The summed E-state index contributed by atoms with van der Waals surface area (Å²) in [7, 11) is 0. The number of thiophene rings is 1. The van der Waals surface area contributed by atoms with Gasteiger partial charge in [-0.25, -0.2) is 0 Å². The Bertz CT molecular complexity index is 651. The van der Waals surface area contributed by atoms with Gasteiger partial charge in [-0.3, -0.25) is 4.79 Å². The van der Waals surface area contributed by atoms with E-state index in [0.29, 0.717) is 30.3 Å². The predicted molar refractivity (Wildman–Crippen MR) is 87.7 cm³/mol. The van der Waals surface area contributed by atoms with Crippen LogP contribution >= 0.6 is 11.3 Å². The Morgan fingerprint density at radius 3 is 2.82 bits per heavy atom. The lowest BCUT2D eigenvalue weighted by Gasteiger charge is -2.10. The number of carbonyl (C=O) groups excluding carboxylic acids is 1. The molecule has 5 nitrogen and oxygen atoms in total. The van der Waals surface area contributed by atoms with Gasteiger partial charge < -0.3 is 9.84 Å². The lowest BCUT2D eigenvalue weighted by atomic mass is 9.97. The molecular formula is C16H21N3O2S. The zero-order chi connectivity index (χ0) is 16.2. The Kier molecular flexibility index (Phi) is 5.13. The minimum atomic E-state index is -0.158. The van der Waals surface area contributed by atoms with Crippen LogP contribution in [0.1, 0.15) is 44.3 Å². The summed E-state index contributed by atoms with van der Waals surface area (Å²) in [5.41, 5.74) is 0.528. The molecule has 2 aromatic rings. The molecule has 1 amide bonds. The smallest absolute Gasteiger partial charge is 0.246 e. The van der Waals surface area contributed by atoms with Crippen LogP contribution in [0.15, 0.2) is 27.6 Å². The Morgan fingerprint density at radius 1 is 1.45 bits per heavy atom. The van der Waals surface area contributed by atoms with Gasteiger partial charge >= 0.3 is 0 Å². The molecule has 0 spiro atoms. The molecule has 0 aliphatic heterocycles. The average Bonchev–Trinajstić information content (AvgIpc) is 3.08. The van der Waals surface area contributed by atoms with Gasteiger partial charge in [0.2, 0.25) is 11.8 Å². The van der Waals surface area contributed by atoms with Crippen molar-refractivity contribution in [2.45, 2.75) is 39.5 Å². The van der Waals surface area contributed by atoms with Crippen LogP contribution in [0.3, 0.4) is 0 Å². The summed E-state index contributed by atoms with van der Waals surface area (Å²) in [6, 6.07) is 3.94. The first-order valence-corrected chi connectivity index (χ1v) is 8.07. The number of carbonyl (C=O) groups is 1. The average molecular weight is 319 g/mol. The normalized spacial score (nSPS) is 12.5. The first-order valence-electron chi connectivity index (χ1n) is 7.19. The molecule has 2 heterocycles. The van der Waals surface area contributed by atoms with Crippen molar-refractivity contribution in [1.82, 2.24) is 15.5 Å². The fourth-order valence-electron chi connectivity index (χ4n) is 1.74. The standard InChI is InChI=1S/C16H21N3O2S/c1-11(10-12-6-5-9-22-12)14(20)17-8-7-13-18-15(21-19-13)16(2,3)4/h5-6,9-10H,7-8H2,1-4H3,(H,17,20)/b11-10+. The van der Waals surface area contributed by atoms with Gasteiger partial charge in [-0.1, -0.05) is 32.0 Å². The molecule has 0 saturated carbocycles. The van der Waals surface area contributed by atoms with Gasteiger partial charge in [0, 0.05) is 28.8 Å². The van der Waals surface area contributed by atoms with Crippen molar-refractivity contribution in [2.24, 2.45) is 0 Å². The third-order valence-corrected chi connectivity index (χ3v) is 3.82. The fraction of sp³-hybridized carbons (Fsp3) is 0.438. The van der Waals surface area contributed by atoms with Crippen molar-refractivity contribution in [2.75, 3.05) is 6.54 Å². The molecule has 1 N–H and O–H groups in total. The third-order valence-electron chi connectivity index (χ3n) is 3.00. The molecule has 0 unspecified atom stereocenters. The Balaban J connectivity index is 1.83. The number of hydrogen-bond donors (Lipinski definition) is 1. The van der Waals surface area contributed by atoms with E-state index in [1.807, 2.05) is 44.4 Å². The second kappa shape index (κ2) is 6.87. The summed E-state index contributed by atoms with van der Waals surface area (Å²) >= 11 is 1.61. The maximum atomic E-state index is 12.0. The molecule has 6 heteroatoms. The quantitative estimate of drug-likeness (QED) is 0.859. The highest BCUT2D eigenvalue weighted by atomic mass is 32.1. The summed E-state index contributed by atoms with van der Waals surface area (Å²) < 4.78 is 5.22. The summed E-state index contributed by atoms with van der Waals surface area (Å²) in [6.07, 6.45) is 2.43. The number of hydrogen-bond acceptors (Lipinski definition) is 5. The summed E-state index contributed by atoms with van der Waals surface area (Å²) in [4.78, 5) is 17.4. The van der Waals surface area contributed by atoms with Crippen LogP contribution in [-0.4, -0.2) is 22.6 Å². The molecule has 0 saturated heterocycles. The predicted octanol–water partition coefficient (Wildman–Crippen LogP) is 3.19. The summed E-state index contributed by atoms with van der Waals surface area (Å²) in [5.74, 6) is 1.15. The zero-order valence-corrected chi connectivity index (χ0v) is 14.2. The number of amides is 1. The molecule has 0 aromatic carbocycles. The van der Waals surface area contributed by atoms with E-state index in [4.69, 9.17) is 4.52 Å². The third kappa shape index (κ3) is 4.53.